The summed E-state index contributed by atoms with van der Waals surface area (Å²) in [4.78, 5) is 22.4. The van der Waals surface area contributed by atoms with E-state index in [-0.39, 0.29) is 11.4 Å². The summed E-state index contributed by atoms with van der Waals surface area (Å²) in [5, 5.41) is 0. The van der Waals surface area contributed by atoms with Crippen LogP contribution in [0.4, 0.5) is 0 Å². The van der Waals surface area contributed by atoms with E-state index in [4.69, 9.17) is 0 Å². The molecule has 1 aromatic rings. The normalized spacial score (nSPS) is 10.1. The molecule has 0 spiro atoms. The zero-order chi connectivity index (χ0) is 12.7. The molecule has 17 heavy (non-hydrogen) atoms. The Bertz CT molecular complexity index is 501. The highest BCUT2D eigenvalue weighted by molar-refractivity contribution is 6.16. The molecule has 0 aliphatic heterocycles. The zero-order valence-electron chi connectivity index (χ0n) is 9.69. The zero-order valence-corrected chi connectivity index (χ0v) is 9.69. The molecule has 0 atom stereocenters. The van der Waals surface area contributed by atoms with Gasteiger partial charge in [0.25, 0.3) is 0 Å². The Morgan fingerprint density at radius 1 is 1.24 bits per heavy atom. The molecule has 0 aliphatic rings. The highest BCUT2D eigenvalue weighted by atomic mass is 16.5. The van der Waals surface area contributed by atoms with E-state index < -0.39 is 5.97 Å². The van der Waals surface area contributed by atoms with Gasteiger partial charge in [-0.1, -0.05) is 30.0 Å². The van der Waals surface area contributed by atoms with Gasteiger partial charge in [0, 0.05) is 11.6 Å². The largest absolute Gasteiger partial charge is 0.465 e. The molecule has 1 rings (SSSR count). The number of Topliss-reactive ketones (excluding diaryl/α,β-unsaturated/α-hetero) is 1. The molecular weight excluding hydrogens is 216 g/mol. The molecule has 0 heterocycles. The highest BCUT2D eigenvalue weighted by Gasteiger charge is 2.13. The number of benzene rings is 1. The minimum atomic E-state index is -0.667. The predicted molar refractivity (Wildman–Crippen MR) is 64.1 cm³/mol. The van der Waals surface area contributed by atoms with E-state index in [1.165, 1.54) is 20.1 Å². The first-order valence-electron chi connectivity index (χ1n) is 5.01. The second-order valence-electron chi connectivity index (χ2n) is 3.24. The fourth-order valence-corrected chi connectivity index (χ4v) is 1.13. The average molecular weight is 228 g/mol. The number of carbonyl (C=O) groups is 2. The van der Waals surface area contributed by atoms with Crippen LogP contribution in [0, 0.1) is 11.8 Å². The smallest absolute Gasteiger partial charge is 0.342 e. The van der Waals surface area contributed by atoms with Crippen LogP contribution >= 0.6 is 0 Å². The van der Waals surface area contributed by atoms with Crippen molar-refractivity contribution in [2.75, 3.05) is 7.11 Å². The molecule has 0 saturated heterocycles. The van der Waals surface area contributed by atoms with Crippen molar-refractivity contribution in [3.05, 3.63) is 47.5 Å². The second kappa shape index (κ2) is 6.29. The summed E-state index contributed by atoms with van der Waals surface area (Å²) >= 11 is 0. The van der Waals surface area contributed by atoms with Crippen LogP contribution in [0.1, 0.15) is 12.5 Å². The first kappa shape index (κ1) is 12.7. The van der Waals surface area contributed by atoms with Gasteiger partial charge in [0.1, 0.15) is 5.57 Å². The van der Waals surface area contributed by atoms with Crippen LogP contribution in [0.25, 0.3) is 0 Å². The molecule has 0 radical (unpaired) electrons. The second-order valence-corrected chi connectivity index (χ2v) is 3.24. The van der Waals surface area contributed by atoms with Crippen LogP contribution in [-0.2, 0) is 14.3 Å². The minimum Gasteiger partial charge on any atom is -0.465 e. The van der Waals surface area contributed by atoms with Gasteiger partial charge >= 0.3 is 5.97 Å². The van der Waals surface area contributed by atoms with Gasteiger partial charge in [-0.25, -0.2) is 4.79 Å². The van der Waals surface area contributed by atoms with Crippen LogP contribution in [0.3, 0.4) is 0 Å². The number of rotatable bonds is 2. The molecule has 0 bridgehead atoms. The van der Waals surface area contributed by atoms with Crippen molar-refractivity contribution < 1.29 is 14.3 Å². The molecule has 3 nitrogen and oxygen atoms in total. The maximum atomic E-state index is 11.2. The van der Waals surface area contributed by atoms with E-state index in [9.17, 15) is 9.59 Å². The standard InChI is InChI=1S/C14H12O3/c1-11(15)13(14(16)17-2)10-6-9-12-7-4-3-5-8-12/h3-5,7-8,10H,1-2H3/b13-10+. The number of hydrogen-bond acceptors (Lipinski definition) is 3. The van der Waals surface area contributed by atoms with Gasteiger partial charge in [0.05, 0.1) is 7.11 Å². The van der Waals surface area contributed by atoms with Gasteiger partial charge in [0.15, 0.2) is 5.78 Å². The Morgan fingerprint density at radius 3 is 2.41 bits per heavy atom. The number of carbonyl (C=O) groups excluding carboxylic acids is 2. The summed E-state index contributed by atoms with van der Waals surface area (Å²) in [5.41, 5.74) is 0.771. The maximum Gasteiger partial charge on any atom is 0.342 e. The van der Waals surface area contributed by atoms with Crippen LogP contribution in [0.15, 0.2) is 42.0 Å². The maximum absolute atomic E-state index is 11.2. The highest BCUT2D eigenvalue weighted by Crippen LogP contribution is 1.99. The summed E-state index contributed by atoms with van der Waals surface area (Å²) in [7, 11) is 1.23. The SMILES string of the molecule is COC(=O)/C(=C/C#Cc1ccccc1)C(C)=O. The van der Waals surface area contributed by atoms with Gasteiger partial charge in [-0.05, 0) is 19.1 Å². The van der Waals surface area contributed by atoms with Crippen molar-refractivity contribution in [2.24, 2.45) is 0 Å². The van der Waals surface area contributed by atoms with Crippen LogP contribution in [-0.4, -0.2) is 18.9 Å². The summed E-state index contributed by atoms with van der Waals surface area (Å²) in [6.07, 6.45) is 1.28. The Kier molecular flexibility index (Phi) is 4.71. The molecule has 0 unspecified atom stereocenters. The van der Waals surface area contributed by atoms with Gasteiger partial charge in [-0.2, -0.15) is 0 Å². The third kappa shape index (κ3) is 3.96. The van der Waals surface area contributed by atoms with E-state index in [0.29, 0.717) is 0 Å². The van der Waals surface area contributed by atoms with Crippen molar-refractivity contribution >= 4 is 11.8 Å². The molecule has 0 aromatic heterocycles. The van der Waals surface area contributed by atoms with E-state index >= 15 is 0 Å². The lowest BCUT2D eigenvalue weighted by molar-refractivity contribution is -0.137. The number of hydrogen-bond donors (Lipinski definition) is 0. The van der Waals surface area contributed by atoms with Crippen molar-refractivity contribution in [2.45, 2.75) is 6.92 Å². The van der Waals surface area contributed by atoms with Gasteiger partial charge in [-0.3, -0.25) is 4.79 Å². The molecule has 0 aliphatic carbocycles. The number of allylic oxidation sites excluding steroid dienone is 1. The predicted octanol–water partition coefficient (Wildman–Crippen LogP) is 1.73. The van der Waals surface area contributed by atoms with Crippen LogP contribution in [0.2, 0.25) is 0 Å². The quantitative estimate of drug-likeness (QED) is 0.254. The summed E-state index contributed by atoms with van der Waals surface area (Å²) in [6.45, 7) is 1.30. The number of methoxy groups -OCH3 is 1. The van der Waals surface area contributed by atoms with Crippen molar-refractivity contribution in [3.63, 3.8) is 0 Å². The van der Waals surface area contributed by atoms with E-state index in [1.807, 2.05) is 30.3 Å². The minimum absolute atomic E-state index is 0.0454. The summed E-state index contributed by atoms with van der Waals surface area (Å²) in [6, 6.07) is 9.29. The molecule has 0 saturated carbocycles. The van der Waals surface area contributed by atoms with Gasteiger partial charge in [-0.15, -0.1) is 0 Å². The van der Waals surface area contributed by atoms with E-state index in [0.717, 1.165) is 5.56 Å². The van der Waals surface area contributed by atoms with Crippen molar-refractivity contribution in [1.82, 2.24) is 0 Å². The van der Waals surface area contributed by atoms with Gasteiger partial charge < -0.3 is 4.74 Å². The summed E-state index contributed by atoms with van der Waals surface area (Å²) < 4.78 is 4.48. The number of ketones is 1. The molecule has 0 fully saturated rings. The van der Waals surface area contributed by atoms with E-state index in [2.05, 4.69) is 16.6 Å². The topological polar surface area (TPSA) is 43.4 Å². The third-order valence-corrected chi connectivity index (χ3v) is 1.99. The number of ether oxygens (including phenoxy) is 1. The molecule has 0 amide bonds. The fraction of sp³-hybridized carbons (Fsp3) is 0.143. The molecule has 1 aromatic carbocycles. The van der Waals surface area contributed by atoms with Crippen LogP contribution in [0.5, 0.6) is 0 Å². The lowest BCUT2D eigenvalue weighted by atomic mass is 10.1. The Morgan fingerprint density at radius 2 is 1.88 bits per heavy atom. The molecule has 3 heteroatoms. The number of esters is 1. The molecule has 0 N–H and O–H groups in total. The fourth-order valence-electron chi connectivity index (χ4n) is 1.13. The van der Waals surface area contributed by atoms with E-state index in [1.54, 1.807) is 0 Å². The van der Waals surface area contributed by atoms with Gasteiger partial charge in [0.2, 0.25) is 0 Å². The lowest BCUT2D eigenvalue weighted by Gasteiger charge is -1.97. The van der Waals surface area contributed by atoms with Crippen molar-refractivity contribution in [3.8, 4) is 11.8 Å². The third-order valence-electron chi connectivity index (χ3n) is 1.99. The first-order chi connectivity index (χ1) is 8.15. The van der Waals surface area contributed by atoms with Crippen LogP contribution < -0.4 is 0 Å². The Hall–Kier alpha value is -2.34. The summed E-state index contributed by atoms with van der Waals surface area (Å²) in [5.74, 6) is 4.46. The Labute approximate surface area is 100 Å². The monoisotopic (exact) mass is 228 g/mol. The molecular formula is C14H12O3. The average Bonchev–Trinajstić information content (AvgIpc) is 2.34. The van der Waals surface area contributed by atoms with Crippen molar-refractivity contribution in [1.29, 1.82) is 0 Å². The first-order valence-corrected chi connectivity index (χ1v) is 5.01. The molecule has 86 valence electrons. The lowest BCUT2D eigenvalue weighted by Crippen LogP contribution is -2.11. The Balaban J connectivity index is 2.92.